The number of halogens is 1. The lowest BCUT2D eigenvalue weighted by Crippen LogP contribution is -2.52. The molecule has 1 aromatic heterocycles. The molecule has 1 amide bonds. The molecule has 0 spiro atoms. The predicted molar refractivity (Wildman–Crippen MR) is 101 cm³/mol. The number of hydrogen-bond acceptors (Lipinski definition) is 6. The van der Waals surface area contributed by atoms with Crippen molar-refractivity contribution in [1.29, 1.82) is 0 Å². The summed E-state index contributed by atoms with van der Waals surface area (Å²) < 4.78 is 10.7. The molecule has 3 rings (SSSR count). The molecule has 0 bridgehead atoms. The summed E-state index contributed by atoms with van der Waals surface area (Å²) in [5.41, 5.74) is 0.862. The van der Waals surface area contributed by atoms with E-state index in [-0.39, 0.29) is 24.4 Å². The highest BCUT2D eigenvalue weighted by Crippen LogP contribution is 2.20. The lowest BCUT2D eigenvalue weighted by atomic mass is 10.2. The van der Waals surface area contributed by atoms with Crippen molar-refractivity contribution in [3.8, 4) is 17.1 Å². The fourth-order valence-corrected chi connectivity index (χ4v) is 2.91. The molecule has 2 heterocycles. The van der Waals surface area contributed by atoms with E-state index < -0.39 is 0 Å². The zero-order chi connectivity index (χ0) is 17.6. The van der Waals surface area contributed by atoms with E-state index in [1.54, 1.807) is 0 Å². The summed E-state index contributed by atoms with van der Waals surface area (Å²) in [5.74, 6) is 1.96. The summed E-state index contributed by atoms with van der Waals surface area (Å²) in [6.45, 7) is 7.07. The first-order chi connectivity index (χ1) is 12.2. The smallest absolute Gasteiger partial charge is 0.227 e. The Balaban J connectivity index is 0.00000243. The van der Waals surface area contributed by atoms with Crippen LogP contribution in [0.3, 0.4) is 0 Å². The Labute approximate surface area is 159 Å². The Morgan fingerprint density at radius 2 is 2.15 bits per heavy atom. The molecule has 0 unspecified atom stereocenters. The monoisotopic (exact) mass is 380 g/mol. The highest BCUT2D eigenvalue weighted by molar-refractivity contribution is 5.85. The number of carbonyl (C=O) groups is 1. The quantitative estimate of drug-likeness (QED) is 0.828. The van der Waals surface area contributed by atoms with E-state index in [0.29, 0.717) is 31.2 Å². The third-order valence-corrected chi connectivity index (χ3v) is 4.27. The van der Waals surface area contributed by atoms with Crippen molar-refractivity contribution in [3.63, 3.8) is 0 Å². The number of hydrogen-bond donors (Lipinski definition) is 1. The summed E-state index contributed by atoms with van der Waals surface area (Å²) in [7, 11) is 0. The van der Waals surface area contributed by atoms with Crippen LogP contribution in [0.5, 0.6) is 5.75 Å². The van der Waals surface area contributed by atoms with E-state index >= 15 is 0 Å². The number of rotatable bonds is 6. The van der Waals surface area contributed by atoms with E-state index in [1.165, 1.54) is 0 Å². The van der Waals surface area contributed by atoms with Crippen LogP contribution < -0.4 is 10.1 Å². The fraction of sp³-hybridized carbons (Fsp3) is 0.500. The van der Waals surface area contributed by atoms with Crippen molar-refractivity contribution in [1.82, 2.24) is 20.4 Å². The molecule has 1 fully saturated rings. The van der Waals surface area contributed by atoms with Crippen LogP contribution in [0.2, 0.25) is 0 Å². The Hall–Kier alpha value is -2.12. The van der Waals surface area contributed by atoms with Gasteiger partial charge in [0, 0.05) is 44.1 Å². The van der Waals surface area contributed by atoms with E-state index in [9.17, 15) is 4.79 Å². The summed E-state index contributed by atoms with van der Waals surface area (Å²) in [6, 6.07) is 7.78. The van der Waals surface area contributed by atoms with Gasteiger partial charge in [-0.05, 0) is 38.1 Å². The van der Waals surface area contributed by atoms with Gasteiger partial charge in [0.2, 0.25) is 17.6 Å². The van der Waals surface area contributed by atoms with Crippen LogP contribution in [0.15, 0.2) is 28.8 Å². The van der Waals surface area contributed by atoms with Gasteiger partial charge in [0.15, 0.2) is 0 Å². The normalized spacial score (nSPS) is 16.8. The third-order valence-electron chi connectivity index (χ3n) is 4.27. The van der Waals surface area contributed by atoms with Gasteiger partial charge < -0.3 is 19.5 Å². The van der Waals surface area contributed by atoms with Gasteiger partial charge in [-0.1, -0.05) is 5.16 Å². The van der Waals surface area contributed by atoms with Crippen molar-refractivity contribution < 1.29 is 14.1 Å². The SMILES string of the molecule is CCOc1ccc(-c2noc(CCC(=O)N3CCNC[C@@H]3C)n2)cc1.Cl. The minimum atomic E-state index is 0. The van der Waals surface area contributed by atoms with Crippen LogP contribution in [-0.4, -0.2) is 53.2 Å². The summed E-state index contributed by atoms with van der Waals surface area (Å²) in [6.07, 6.45) is 0.842. The number of nitrogens with one attached hydrogen (secondary N) is 1. The van der Waals surface area contributed by atoms with Gasteiger partial charge in [0.1, 0.15) is 5.75 Å². The van der Waals surface area contributed by atoms with Gasteiger partial charge in [0.05, 0.1) is 6.61 Å². The van der Waals surface area contributed by atoms with Crippen LogP contribution >= 0.6 is 12.4 Å². The molecular weight excluding hydrogens is 356 g/mol. The van der Waals surface area contributed by atoms with Crippen molar-refractivity contribution in [2.45, 2.75) is 32.7 Å². The van der Waals surface area contributed by atoms with Crippen LogP contribution in [0.25, 0.3) is 11.4 Å². The number of ether oxygens (including phenoxy) is 1. The van der Waals surface area contributed by atoms with Crippen LogP contribution in [-0.2, 0) is 11.2 Å². The molecule has 1 aliphatic rings. The van der Waals surface area contributed by atoms with Crippen molar-refractivity contribution in [3.05, 3.63) is 30.2 Å². The molecule has 1 atom stereocenters. The average Bonchev–Trinajstić information content (AvgIpc) is 3.10. The predicted octanol–water partition coefficient (Wildman–Crippen LogP) is 2.31. The number of aromatic nitrogens is 2. The zero-order valence-corrected chi connectivity index (χ0v) is 15.9. The fourth-order valence-electron chi connectivity index (χ4n) is 2.91. The molecule has 7 nitrogen and oxygen atoms in total. The third kappa shape index (κ3) is 4.95. The van der Waals surface area contributed by atoms with E-state index in [1.807, 2.05) is 36.1 Å². The molecule has 26 heavy (non-hydrogen) atoms. The lowest BCUT2D eigenvalue weighted by Gasteiger charge is -2.34. The molecule has 8 heteroatoms. The first kappa shape index (κ1) is 20.2. The van der Waals surface area contributed by atoms with Gasteiger partial charge in [-0.15, -0.1) is 12.4 Å². The number of carbonyl (C=O) groups excluding carboxylic acids is 1. The number of benzene rings is 1. The lowest BCUT2D eigenvalue weighted by molar-refractivity contribution is -0.134. The highest BCUT2D eigenvalue weighted by atomic mass is 35.5. The second kappa shape index (κ2) is 9.54. The van der Waals surface area contributed by atoms with Gasteiger partial charge in [0.25, 0.3) is 0 Å². The highest BCUT2D eigenvalue weighted by Gasteiger charge is 2.23. The maximum Gasteiger partial charge on any atom is 0.227 e. The maximum atomic E-state index is 12.4. The van der Waals surface area contributed by atoms with Crippen LogP contribution in [0.4, 0.5) is 0 Å². The Morgan fingerprint density at radius 3 is 2.85 bits per heavy atom. The number of piperazine rings is 1. The van der Waals surface area contributed by atoms with Crippen molar-refractivity contribution >= 4 is 18.3 Å². The van der Waals surface area contributed by atoms with Crippen LogP contribution in [0.1, 0.15) is 26.2 Å². The zero-order valence-electron chi connectivity index (χ0n) is 15.1. The van der Waals surface area contributed by atoms with E-state index in [2.05, 4.69) is 22.4 Å². The minimum Gasteiger partial charge on any atom is -0.494 e. The van der Waals surface area contributed by atoms with E-state index in [0.717, 1.165) is 30.9 Å². The van der Waals surface area contributed by atoms with Gasteiger partial charge in [-0.2, -0.15) is 4.98 Å². The van der Waals surface area contributed by atoms with Crippen molar-refractivity contribution in [2.24, 2.45) is 0 Å². The molecule has 1 aliphatic heterocycles. The van der Waals surface area contributed by atoms with Gasteiger partial charge >= 0.3 is 0 Å². The summed E-state index contributed by atoms with van der Waals surface area (Å²) >= 11 is 0. The second-order valence-corrected chi connectivity index (χ2v) is 6.11. The largest absolute Gasteiger partial charge is 0.494 e. The Morgan fingerprint density at radius 1 is 1.38 bits per heavy atom. The molecule has 1 aromatic carbocycles. The number of amides is 1. The van der Waals surface area contributed by atoms with Crippen LogP contribution in [0, 0.1) is 0 Å². The number of nitrogens with zero attached hydrogens (tertiary/aromatic N) is 3. The first-order valence-electron chi connectivity index (χ1n) is 8.73. The molecule has 2 aromatic rings. The summed E-state index contributed by atoms with van der Waals surface area (Å²) in [5, 5.41) is 7.29. The van der Waals surface area contributed by atoms with Gasteiger partial charge in [-0.25, -0.2) is 0 Å². The molecule has 142 valence electrons. The Bertz CT molecular complexity index is 705. The minimum absolute atomic E-state index is 0. The first-order valence-corrected chi connectivity index (χ1v) is 8.73. The maximum absolute atomic E-state index is 12.4. The molecule has 0 saturated carbocycles. The van der Waals surface area contributed by atoms with E-state index in [4.69, 9.17) is 9.26 Å². The molecule has 1 N–H and O–H groups in total. The number of aryl methyl sites for hydroxylation is 1. The Kier molecular flexibility index (Phi) is 7.41. The van der Waals surface area contributed by atoms with Gasteiger partial charge in [-0.3, -0.25) is 4.79 Å². The average molecular weight is 381 g/mol. The standard InChI is InChI=1S/C18H24N4O3.ClH/c1-3-24-15-6-4-14(5-7-15)18-20-16(25-21-18)8-9-17(23)22-11-10-19-12-13(22)2;/h4-7,13,19H,3,8-12H2,1-2H3;1H/t13-;/m0./s1. The molecule has 0 radical (unpaired) electrons. The molecule has 0 aliphatic carbocycles. The topological polar surface area (TPSA) is 80.5 Å². The molecular formula is C18H25ClN4O3. The summed E-state index contributed by atoms with van der Waals surface area (Å²) in [4.78, 5) is 18.7. The van der Waals surface area contributed by atoms with Crippen molar-refractivity contribution in [2.75, 3.05) is 26.2 Å². The second-order valence-electron chi connectivity index (χ2n) is 6.11. The molecule has 1 saturated heterocycles.